The number of anilines is 1. The van der Waals surface area contributed by atoms with Gasteiger partial charge in [-0.2, -0.15) is 0 Å². The van der Waals surface area contributed by atoms with Crippen molar-refractivity contribution < 1.29 is 9.53 Å². The number of nitrogens with zero attached hydrogens (tertiary/aromatic N) is 3. The topological polar surface area (TPSA) is 95.2 Å². The van der Waals surface area contributed by atoms with Gasteiger partial charge >= 0.3 is 0 Å². The molecule has 0 spiro atoms. The Morgan fingerprint density at radius 3 is 2.74 bits per heavy atom. The number of carbonyl (C=O) groups is 1. The van der Waals surface area contributed by atoms with Gasteiger partial charge in [0, 0.05) is 31.2 Å². The van der Waals surface area contributed by atoms with Crippen LogP contribution in [-0.4, -0.2) is 70.7 Å². The molecule has 1 amide bonds. The molecule has 4 aliphatic rings. The molecule has 1 atom stereocenters. The standard InChI is InChI=1S/C23H34N6O2/c1-21(2)10-17(29(3)13-21)20(30)26-11-22-5-7-23(8-6-22,31-14-22)12-25-19-16-4-9-24-18(16)27-15-28-19/h4,9,15,17H,5-8,10-14H2,1-3H3,(H,26,30)(H2,24,25,27,28). The van der Waals surface area contributed by atoms with Gasteiger partial charge in [0.25, 0.3) is 0 Å². The first kappa shape index (κ1) is 20.7. The molecule has 1 aliphatic carbocycles. The number of aromatic nitrogens is 3. The lowest BCUT2D eigenvalue weighted by atomic mass is 9.66. The molecule has 2 bridgehead atoms. The van der Waals surface area contributed by atoms with Crippen molar-refractivity contribution in [1.82, 2.24) is 25.2 Å². The number of likely N-dealkylation sites (tertiary alicyclic amines) is 1. The number of H-pyrrole nitrogens is 1. The lowest BCUT2D eigenvalue weighted by molar-refractivity contribution is -0.175. The molecule has 0 aromatic carbocycles. The van der Waals surface area contributed by atoms with Crippen molar-refractivity contribution in [2.45, 2.75) is 57.6 Å². The number of hydrogen-bond donors (Lipinski definition) is 3. The van der Waals surface area contributed by atoms with Gasteiger partial charge < -0.3 is 20.4 Å². The number of rotatable bonds is 6. The minimum absolute atomic E-state index is 0.0130. The third kappa shape index (κ3) is 3.91. The summed E-state index contributed by atoms with van der Waals surface area (Å²) < 4.78 is 6.42. The molecule has 2 aromatic rings. The van der Waals surface area contributed by atoms with Crippen molar-refractivity contribution in [3.63, 3.8) is 0 Å². The first-order valence-electron chi connectivity index (χ1n) is 11.4. The average Bonchev–Trinajstić information content (AvgIpc) is 3.35. The van der Waals surface area contributed by atoms with E-state index < -0.39 is 0 Å². The molecular formula is C23H34N6O2. The van der Waals surface area contributed by atoms with Gasteiger partial charge in [-0.25, -0.2) is 9.97 Å². The van der Waals surface area contributed by atoms with Crippen LogP contribution in [0.25, 0.3) is 11.0 Å². The molecule has 6 rings (SSSR count). The number of ether oxygens (including phenoxy) is 1. The van der Waals surface area contributed by atoms with E-state index in [1.165, 1.54) is 0 Å². The molecule has 4 fully saturated rings. The summed E-state index contributed by atoms with van der Waals surface area (Å²) in [6.07, 6.45) is 8.58. The van der Waals surface area contributed by atoms with Crippen molar-refractivity contribution in [3.8, 4) is 0 Å². The molecular weight excluding hydrogens is 392 g/mol. The van der Waals surface area contributed by atoms with E-state index >= 15 is 0 Å². The van der Waals surface area contributed by atoms with Crippen LogP contribution in [0.2, 0.25) is 0 Å². The Bertz CT molecular complexity index is 945. The third-order valence-corrected chi connectivity index (χ3v) is 7.73. The van der Waals surface area contributed by atoms with Crippen molar-refractivity contribution >= 4 is 22.8 Å². The molecule has 0 radical (unpaired) electrons. The van der Waals surface area contributed by atoms with Gasteiger partial charge in [0.05, 0.1) is 23.6 Å². The van der Waals surface area contributed by atoms with Crippen LogP contribution < -0.4 is 10.6 Å². The maximum absolute atomic E-state index is 12.8. The van der Waals surface area contributed by atoms with E-state index in [2.05, 4.69) is 51.4 Å². The second kappa shape index (κ2) is 7.45. The molecule has 3 saturated heterocycles. The fourth-order valence-electron chi connectivity index (χ4n) is 5.76. The van der Waals surface area contributed by atoms with E-state index in [1.54, 1.807) is 6.33 Å². The van der Waals surface area contributed by atoms with E-state index in [0.29, 0.717) is 6.61 Å². The largest absolute Gasteiger partial charge is 0.373 e. The number of nitrogens with one attached hydrogen (secondary N) is 3. The van der Waals surface area contributed by atoms with E-state index in [1.807, 2.05) is 12.3 Å². The van der Waals surface area contributed by atoms with Gasteiger partial charge in [-0.3, -0.25) is 9.69 Å². The van der Waals surface area contributed by atoms with Crippen molar-refractivity contribution in [2.75, 3.05) is 38.6 Å². The number of fused-ring (bicyclic) bond motifs is 4. The summed E-state index contributed by atoms with van der Waals surface area (Å²) in [4.78, 5) is 26.8. The molecule has 5 heterocycles. The quantitative estimate of drug-likeness (QED) is 0.657. The van der Waals surface area contributed by atoms with Crippen LogP contribution in [-0.2, 0) is 9.53 Å². The highest BCUT2D eigenvalue weighted by molar-refractivity contribution is 5.86. The smallest absolute Gasteiger partial charge is 0.237 e. The zero-order valence-electron chi connectivity index (χ0n) is 18.8. The van der Waals surface area contributed by atoms with Gasteiger partial charge in [0.2, 0.25) is 5.91 Å². The predicted molar refractivity (Wildman–Crippen MR) is 120 cm³/mol. The SMILES string of the molecule is CN1CC(C)(C)CC1C(=O)NCC12CCC(CNc3ncnc4[nH]ccc34)(CC1)OC2. The fraction of sp³-hybridized carbons (Fsp3) is 0.696. The summed E-state index contributed by atoms with van der Waals surface area (Å²) in [5.41, 5.74) is 0.979. The Morgan fingerprint density at radius 1 is 1.26 bits per heavy atom. The molecule has 1 unspecified atom stereocenters. The summed E-state index contributed by atoms with van der Waals surface area (Å²) in [6.45, 7) is 7.62. The Balaban J connectivity index is 1.15. The summed E-state index contributed by atoms with van der Waals surface area (Å²) in [5, 5.41) is 7.77. The summed E-state index contributed by atoms with van der Waals surface area (Å²) in [7, 11) is 2.06. The van der Waals surface area contributed by atoms with Gasteiger partial charge in [-0.15, -0.1) is 0 Å². The van der Waals surface area contributed by atoms with Crippen LogP contribution in [0.3, 0.4) is 0 Å². The van der Waals surface area contributed by atoms with Crippen LogP contribution >= 0.6 is 0 Å². The van der Waals surface area contributed by atoms with Gasteiger partial charge in [-0.05, 0) is 50.6 Å². The van der Waals surface area contributed by atoms with Crippen molar-refractivity contribution in [2.24, 2.45) is 10.8 Å². The molecule has 2 aromatic heterocycles. The second-order valence-electron chi connectivity index (χ2n) is 10.8. The van der Waals surface area contributed by atoms with Crippen molar-refractivity contribution in [3.05, 3.63) is 18.6 Å². The van der Waals surface area contributed by atoms with Crippen LogP contribution in [0.15, 0.2) is 18.6 Å². The summed E-state index contributed by atoms with van der Waals surface area (Å²) in [6, 6.07) is 1.98. The highest BCUT2D eigenvalue weighted by atomic mass is 16.5. The van der Waals surface area contributed by atoms with Crippen LogP contribution in [0.5, 0.6) is 0 Å². The lowest BCUT2D eigenvalue weighted by Gasteiger charge is -2.53. The predicted octanol–water partition coefficient (Wildman–Crippen LogP) is 2.55. The van der Waals surface area contributed by atoms with Gasteiger partial charge in [0.1, 0.15) is 17.8 Å². The number of aromatic amines is 1. The number of carbonyl (C=O) groups excluding carboxylic acids is 1. The number of amides is 1. The molecule has 168 valence electrons. The molecule has 1 saturated carbocycles. The molecule has 31 heavy (non-hydrogen) atoms. The zero-order chi connectivity index (χ0) is 21.7. The monoisotopic (exact) mass is 426 g/mol. The van der Waals surface area contributed by atoms with Crippen LogP contribution in [0.4, 0.5) is 5.82 Å². The van der Waals surface area contributed by atoms with Gasteiger partial charge in [-0.1, -0.05) is 13.8 Å². The van der Waals surface area contributed by atoms with E-state index in [0.717, 1.165) is 68.6 Å². The maximum Gasteiger partial charge on any atom is 0.237 e. The number of likely N-dealkylation sites (N-methyl/N-ethyl adjacent to an activating group) is 1. The Kier molecular flexibility index (Phi) is 4.97. The first-order valence-corrected chi connectivity index (χ1v) is 11.4. The Labute approximate surface area is 183 Å². The van der Waals surface area contributed by atoms with Crippen LogP contribution in [0, 0.1) is 10.8 Å². The van der Waals surface area contributed by atoms with E-state index in [4.69, 9.17) is 4.74 Å². The Hall–Kier alpha value is -2.19. The van der Waals surface area contributed by atoms with Gasteiger partial charge in [0.15, 0.2) is 0 Å². The molecule has 3 N–H and O–H groups in total. The second-order valence-corrected chi connectivity index (χ2v) is 10.8. The molecule has 8 heteroatoms. The third-order valence-electron chi connectivity index (χ3n) is 7.73. The lowest BCUT2D eigenvalue weighted by Crippen LogP contribution is -2.58. The minimum Gasteiger partial charge on any atom is -0.373 e. The average molecular weight is 427 g/mol. The van der Waals surface area contributed by atoms with E-state index in [9.17, 15) is 4.79 Å². The summed E-state index contributed by atoms with van der Waals surface area (Å²) >= 11 is 0. The highest BCUT2D eigenvalue weighted by Gasteiger charge is 2.50. The Morgan fingerprint density at radius 2 is 2.06 bits per heavy atom. The first-order chi connectivity index (χ1) is 14.8. The molecule has 3 aliphatic heterocycles. The van der Waals surface area contributed by atoms with E-state index in [-0.39, 0.29) is 28.4 Å². The fourth-order valence-corrected chi connectivity index (χ4v) is 5.76. The molecule has 8 nitrogen and oxygen atoms in total. The van der Waals surface area contributed by atoms with Crippen molar-refractivity contribution in [1.29, 1.82) is 0 Å². The zero-order valence-corrected chi connectivity index (χ0v) is 18.8. The van der Waals surface area contributed by atoms with Crippen LogP contribution in [0.1, 0.15) is 46.0 Å². The highest BCUT2D eigenvalue weighted by Crippen LogP contribution is 2.48. The normalized spacial score (nSPS) is 32.4. The minimum atomic E-state index is -0.144. The number of hydrogen-bond acceptors (Lipinski definition) is 6. The summed E-state index contributed by atoms with van der Waals surface area (Å²) in [5.74, 6) is 1.02. The maximum atomic E-state index is 12.8.